The highest BCUT2D eigenvalue weighted by Crippen LogP contribution is 2.24. The Labute approximate surface area is 110 Å². The van der Waals surface area contributed by atoms with Gasteiger partial charge in [-0.15, -0.1) is 0 Å². The number of nitriles is 1. The molecule has 1 aliphatic heterocycles. The molecular formula is C16H22N2. The molecule has 1 unspecified atom stereocenters. The number of rotatable bonds is 3. The van der Waals surface area contributed by atoms with Gasteiger partial charge in [0.1, 0.15) is 5.54 Å². The summed E-state index contributed by atoms with van der Waals surface area (Å²) in [5.74, 6) is 0. The van der Waals surface area contributed by atoms with Gasteiger partial charge in [-0.2, -0.15) is 5.26 Å². The van der Waals surface area contributed by atoms with Gasteiger partial charge in [0.2, 0.25) is 0 Å². The van der Waals surface area contributed by atoms with E-state index in [9.17, 15) is 5.26 Å². The van der Waals surface area contributed by atoms with Crippen molar-refractivity contribution in [2.24, 2.45) is 0 Å². The minimum Gasteiger partial charge on any atom is -0.285 e. The molecule has 1 aromatic carbocycles. The summed E-state index contributed by atoms with van der Waals surface area (Å²) in [7, 11) is 0. The van der Waals surface area contributed by atoms with E-state index in [1.54, 1.807) is 0 Å². The predicted molar refractivity (Wildman–Crippen MR) is 74.2 cm³/mol. The van der Waals surface area contributed by atoms with E-state index in [1.165, 1.54) is 31.2 Å². The number of benzene rings is 1. The number of hydrogen-bond donors (Lipinski definition) is 0. The first-order chi connectivity index (χ1) is 8.74. The Kier molecular flexibility index (Phi) is 4.38. The molecule has 1 atom stereocenters. The fourth-order valence-corrected chi connectivity index (χ4v) is 2.78. The van der Waals surface area contributed by atoms with Gasteiger partial charge in [-0.25, -0.2) is 0 Å². The van der Waals surface area contributed by atoms with Crippen molar-refractivity contribution in [1.29, 1.82) is 5.26 Å². The molecule has 1 aliphatic rings. The van der Waals surface area contributed by atoms with Crippen LogP contribution in [-0.4, -0.2) is 23.5 Å². The smallest absolute Gasteiger partial charge is 0.110 e. The van der Waals surface area contributed by atoms with Crippen molar-refractivity contribution in [3.63, 3.8) is 0 Å². The molecule has 0 aliphatic carbocycles. The molecular weight excluding hydrogens is 220 g/mol. The van der Waals surface area contributed by atoms with Crippen LogP contribution in [0.3, 0.4) is 0 Å². The van der Waals surface area contributed by atoms with Crippen LogP contribution in [0, 0.1) is 11.3 Å². The molecule has 0 spiro atoms. The van der Waals surface area contributed by atoms with Gasteiger partial charge in [-0.3, -0.25) is 4.90 Å². The molecule has 1 saturated heterocycles. The second-order valence-electron chi connectivity index (χ2n) is 5.45. The highest BCUT2D eigenvalue weighted by Gasteiger charge is 2.32. The summed E-state index contributed by atoms with van der Waals surface area (Å²) in [4.78, 5) is 2.38. The third kappa shape index (κ3) is 3.11. The van der Waals surface area contributed by atoms with Gasteiger partial charge in [0.15, 0.2) is 0 Å². The third-order valence-electron chi connectivity index (χ3n) is 3.94. The lowest BCUT2D eigenvalue weighted by molar-refractivity contribution is 0.157. The lowest BCUT2D eigenvalue weighted by atomic mass is 9.92. The molecule has 0 amide bonds. The van der Waals surface area contributed by atoms with Gasteiger partial charge in [0, 0.05) is 6.42 Å². The quantitative estimate of drug-likeness (QED) is 0.812. The summed E-state index contributed by atoms with van der Waals surface area (Å²) in [6.07, 6.45) is 5.90. The summed E-state index contributed by atoms with van der Waals surface area (Å²) >= 11 is 0. The van der Waals surface area contributed by atoms with E-state index < -0.39 is 0 Å². The summed E-state index contributed by atoms with van der Waals surface area (Å²) in [5, 5.41) is 9.60. The number of hydrogen-bond acceptors (Lipinski definition) is 2. The van der Waals surface area contributed by atoms with Gasteiger partial charge >= 0.3 is 0 Å². The molecule has 1 fully saturated rings. The zero-order valence-electron chi connectivity index (χ0n) is 11.2. The zero-order chi connectivity index (χ0) is 12.8. The normalized spacial score (nSPS) is 20.7. The minimum absolute atomic E-state index is 0.355. The molecule has 0 saturated carbocycles. The van der Waals surface area contributed by atoms with Crippen LogP contribution in [0.25, 0.3) is 0 Å². The standard InChI is InChI=1S/C16H22N2/c1-16(14-17,13-15-9-5-4-6-10-15)18-11-7-2-3-8-12-18/h4-6,9-10H,2-3,7-8,11-13H2,1H3. The average molecular weight is 242 g/mol. The fraction of sp³-hybridized carbons (Fsp3) is 0.562. The van der Waals surface area contributed by atoms with Crippen LogP contribution in [0.5, 0.6) is 0 Å². The van der Waals surface area contributed by atoms with Crippen LogP contribution in [0.4, 0.5) is 0 Å². The van der Waals surface area contributed by atoms with Crippen molar-refractivity contribution in [3.05, 3.63) is 35.9 Å². The lowest BCUT2D eigenvalue weighted by Gasteiger charge is -2.35. The first-order valence-corrected chi connectivity index (χ1v) is 6.95. The van der Waals surface area contributed by atoms with E-state index in [1.807, 2.05) is 6.07 Å². The monoisotopic (exact) mass is 242 g/mol. The van der Waals surface area contributed by atoms with Crippen LogP contribution in [0.1, 0.15) is 38.2 Å². The van der Waals surface area contributed by atoms with E-state index in [-0.39, 0.29) is 5.54 Å². The number of nitrogens with zero attached hydrogens (tertiary/aromatic N) is 2. The van der Waals surface area contributed by atoms with Crippen molar-refractivity contribution in [2.75, 3.05) is 13.1 Å². The molecule has 1 heterocycles. The van der Waals surface area contributed by atoms with Crippen molar-refractivity contribution in [3.8, 4) is 6.07 Å². The van der Waals surface area contributed by atoms with E-state index in [4.69, 9.17) is 0 Å². The molecule has 2 nitrogen and oxygen atoms in total. The summed E-state index contributed by atoms with van der Waals surface area (Å²) in [6.45, 7) is 4.22. The van der Waals surface area contributed by atoms with Crippen LogP contribution < -0.4 is 0 Å². The van der Waals surface area contributed by atoms with Crippen molar-refractivity contribution < 1.29 is 0 Å². The van der Waals surface area contributed by atoms with E-state index in [0.29, 0.717) is 0 Å². The third-order valence-corrected chi connectivity index (χ3v) is 3.94. The average Bonchev–Trinajstić information content (AvgIpc) is 2.69. The largest absolute Gasteiger partial charge is 0.285 e. The van der Waals surface area contributed by atoms with E-state index >= 15 is 0 Å². The SMILES string of the molecule is CC(C#N)(Cc1ccccc1)N1CCCCCC1. The zero-order valence-corrected chi connectivity index (χ0v) is 11.2. The summed E-state index contributed by atoms with van der Waals surface area (Å²) in [5.41, 5.74) is 0.900. The van der Waals surface area contributed by atoms with Gasteiger partial charge in [-0.05, 0) is 38.4 Å². The highest BCUT2D eigenvalue weighted by molar-refractivity contribution is 5.21. The first kappa shape index (κ1) is 13.1. The van der Waals surface area contributed by atoms with Gasteiger partial charge in [-0.1, -0.05) is 43.2 Å². The van der Waals surface area contributed by atoms with Crippen LogP contribution >= 0.6 is 0 Å². The van der Waals surface area contributed by atoms with Crippen molar-refractivity contribution in [2.45, 2.75) is 44.6 Å². The molecule has 2 heteroatoms. The lowest BCUT2D eigenvalue weighted by Crippen LogP contribution is -2.47. The fourth-order valence-electron chi connectivity index (χ4n) is 2.78. The molecule has 0 N–H and O–H groups in total. The Balaban J connectivity index is 2.12. The second-order valence-corrected chi connectivity index (χ2v) is 5.45. The Bertz CT molecular complexity index is 399. The van der Waals surface area contributed by atoms with Crippen molar-refractivity contribution >= 4 is 0 Å². The van der Waals surface area contributed by atoms with Gasteiger partial charge < -0.3 is 0 Å². The highest BCUT2D eigenvalue weighted by atomic mass is 15.2. The van der Waals surface area contributed by atoms with Gasteiger partial charge in [0.25, 0.3) is 0 Å². The van der Waals surface area contributed by atoms with Crippen LogP contribution in [0.2, 0.25) is 0 Å². The minimum atomic E-state index is -0.355. The molecule has 96 valence electrons. The maximum absolute atomic E-state index is 9.60. The molecule has 0 bridgehead atoms. The molecule has 18 heavy (non-hydrogen) atoms. The maximum Gasteiger partial charge on any atom is 0.110 e. The van der Waals surface area contributed by atoms with E-state index in [2.05, 4.69) is 42.2 Å². The van der Waals surface area contributed by atoms with Gasteiger partial charge in [0.05, 0.1) is 6.07 Å². The van der Waals surface area contributed by atoms with E-state index in [0.717, 1.165) is 19.5 Å². The Morgan fingerprint density at radius 3 is 2.28 bits per heavy atom. The Hall–Kier alpha value is -1.33. The number of likely N-dealkylation sites (tertiary alicyclic amines) is 1. The molecule has 0 radical (unpaired) electrons. The molecule has 0 aromatic heterocycles. The molecule has 1 aromatic rings. The Morgan fingerprint density at radius 2 is 1.72 bits per heavy atom. The van der Waals surface area contributed by atoms with Crippen LogP contribution in [-0.2, 0) is 6.42 Å². The predicted octanol–water partition coefficient (Wildman–Crippen LogP) is 3.39. The summed E-state index contributed by atoms with van der Waals surface area (Å²) in [6, 6.07) is 12.9. The Morgan fingerprint density at radius 1 is 1.11 bits per heavy atom. The van der Waals surface area contributed by atoms with Crippen molar-refractivity contribution in [1.82, 2.24) is 4.90 Å². The topological polar surface area (TPSA) is 27.0 Å². The summed E-state index contributed by atoms with van der Waals surface area (Å²) < 4.78 is 0. The first-order valence-electron chi connectivity index (χ1n) is 6.95. The second kappa shape index (κ2) is 6.02. The maximum atomic E-state index is 9.60. The van der Waals surface area contributed by atoms with Crippen LogP contribution in [0.15, 0.2) is 30.3 Å². The molecule has 2 rings (SSSR count).